The molecule has 0 spiro atoms. The highest BCUT2D eigenvalue weighted by atomic mass is 16.4. The Bertz CT molecular complexity index is 899. The quantitative estimate of drug-likeness (QED) is 0.407. The minimum absolute atomic E-state index is 0.0142. The van der Waals surface area contributed by atoms with Gasteiger partial charge in [0.1, 0.15) is 18.1 Å². The van der Waals surface area contributed by atoms with Gasteiger partial charge in [-0.2, -0.15) is 0 Å². The molecule has 2 N–H and O–H groups in total. The number of rotatable bonds is 11. The van der Waals surface area contributed by atoms with Crippen LogP contribution in [0.4, 0.5) is 0 Å². The summed E-state index contributed by atoms with van der Waals surface area (Å²) in [7, 11) is 0. The molecule has 0 radical (unpaired) electrons. The Morgan fingerprint density at radius 2 is 2.16 bits per heavy atom. The third kappa shape index (κ3) is 7.36. The summed E-state index contributed by atoms with van der Waals surface area (Å²) in [4.78, 5) is 52.3. The van der Waals surface area contributed by atoms with Gasteiger partial charge in [0.15, 0.2) is 5.69 Å². The minimum atomic E-state index is -1.04. The Morgan fingerprint density at radius 1 is 1.39 bits per heavy atom. The van der Waals surface area contributed by atoms with Crippen LogP contribution in [0.25, 0.3) is 0 Å². The van der Waals surface area contributed by atoms with Gasteiger partial charge in [0.2, 0.25) is 11.8 Å². The van der Waals surface area contributed by atoms with Crippen molar-refractivity contribution in [1.82, 2.24) is 15.2 Å². The van der Waals surface area contributed by atoms with Gasteiger partial charge in [0.05, 0.1) is 6.42 Å². The largest absolute Gasteiger partial charge is 0.480 e. The number of Topliss-reactive ketones (excluding diaryl/α,β-unsaturated/α-hetero) is 1. The number of hydrogen-bond donors (Lipinski definition) is 2. The van der Waals surface area contributed by atoms with Crippen molar-refractivity contribution >= 4 is 23.6 Å². The number of aliphatic carboxylic acids is 1. The van der Waals surface area contributed by atoms with Crippen LogP contribution in [0.1, 0.15) is 49.0 Å². The number of nitrogens with one attached hydrogen (secondary N) is 1. The molecule has 1 atom stereocenters. The van der Waals surface area contributed by atoms with E-state index in [1.165, 1.54) is 17.2 Å². The number of carbonyl (C=O) groups is 4. The fourth-order valence-corrected chi connectivity index (χ4v) is 3.17. The molecule has 1 fully saturated rings. The summed E-state index contributed by atoms with van der Waals surface area (Å²) in [5, 5.41) is 11.8. The van der Waals surface area contributed by atoms with Crippen molar-refractivity contribution in [2.75, 3.05) is 13.1 Å². The van der Waals surface area contributed by atoms with Gasteiger partial charge in [-0.15, -0.1) is 0 Å². The van der Waals surface area contributed by atoms with Crippen LogP contribution in [0.5, 0.6) is 0 Å². The summed E-state index contributed by atoms with van der Waals surface area (Å²) in [5.41, 5.74) is 0.976. The molecule has 0 bridgehead atoms. The van der Waals surface area contributed by atoms with Crippen molar-refractivity contribution in [3.05, 3.63) is 54.3 Å². The number of nitrogens with zero attached hydrogens (tertiary/aromatic N) is 2. The maximum atomic E-state index is 12.5. The Kier molecular flexibility index (Phi) is 8.93. The molecule has 1 unspecified atom stereocenters. The monoisotopic (exact) mass is 429 g/mol. The normalized spacial score (nSPS) is 16.5. The molecule has 2 heterocycles. The average molecular weight is 429 g/mol. The summed E-state index contributed by atoms with van der Waals surface area (Å²) < 4.78 is 5.24. The van der Waals surface area contributed by atoms with Crippen LogP contribution in [0.2, 0.25) is 0 Å². The molecule has 1 aliphatic heterocycles. The summed E-state index contributed by atoms with van der Waals surface area (Å²) >= 11 is 0. The van der Waals surface area contributed by atoms with Crippen LogP contribution < -0.4 is 5.32 Å². The van der Waals surface area contributed by atoms with Gasteiger partial charge in [-0.3, -0.25) is 14.4 Å². The highest BCUT2D eigenvalue weighted by Gasteiger charge is 2.35. The van der Waals surface area contributed by atoms with E-state index in [4.69, 9.17) is 4.42 Å². The number of carboxylic acid groups (broad SMARTS) is 1. The molecule has 2 amide bonds. The van der Waals surface area contributed by atoms with Gasteiger partial charge in [-0.05, 0) is 32.3 Å². The van der Waals surface area contributed by atoms with Gasteiger partial charge in [0, 0.05) is 19.5 Å². The van der Waals surface area contributed by atoms with E-state index in [2.05, 4.69) is 16.9 Å². The van der Waals surface area contributed by atoms with E-state index in [1.54, 1.807) is 6.08 Å². The smallest absolute Gasteiger partial charge is 0.326 e. The fourth-order valence-electron chi connectivity index (χ4n) is 3.17. The minimum Gasteiger partial charge on any atom is -0.480 e. The van der Waals surface area contributed by atoms with Crippen LogP contribution >= 0.6 is 0 Å². The zero-order chi connectivity index (χ0) is 22.8. The standard InChI is InChI=1S/C22H27N3O6/c1-3-19(27)23-11-5-8-15(2)7-4-9-16(26)13-20-24-17(14-31-20)21(28)25-12-6-10-18(25)22(29)30/h3,5,7-8,14,18H,1,4,6,9-13H2,2H3,(H,23,27)(H,29,30)/b8-5+,15-7+. The average Bonchev–Trinajstić information content (AvgIpc) is 3.40. The van der Waals surface area contributed by atoms with Crippen LogP contribution in [0, 0.1) is 0 Å². The third-order valence-corrected chi connectivity index (χ3v) is 4.77. The predicted molar refractivity (Wildman–Crippen MR) is 112 cm³/mol. The van der Waals surface area contributed by atoms with E-state index >= 15 is 0 Å². The van der Waals surface area contributed by atoms with E-state index in [0.29, 0.717) is 32.4 Å². The molecule has 0 aromatic carbocycles. The van der Waals surface area contributed by atoms with E-state index in [1.807, 2.05) is 19.1 Å². The van der Waals surface area contributed by atoms with Gasteiger partial charge in [0.25, 0.3) is 5.91 Å². The summed E-state index contributed by atoms with van der Waals surface area (Å²) in [5.74, 6) is -1.73. The maximum absolute atomic E-state index is 12.5. The van der Waals surface area contributed by atoms with Gasteiger partial charge < -0.3 is 19.7 Å². The number of allylic oxidation sites excluding steroid dienone is 3. The number of likely N-dealkylation sites (tertiary alicyclic amines) is 1. The number of aromatic nitrogens is 1. The highest BCUT2D eigenvalue weighted by Crippen LogP contribution is 2.20. The molecule has 9 nitrogen and oxygen atoms in total. The first kappa shape index (κ1) is 23.8. The number of carbonyl (C=O) groups excluding carboxylic acids is 3. The Labute approximate surface area is 180 Å². The van der Waals surface area contributed by atoms with E-state index < -0.39 is 17.9 Å². The lowest BCUT2D eigenvalue weighted by Crippen LogP contribution is -2.40. The molecule has 1 aliphatic rings. The van der Waals surface area contributed by atoms with Crippen molar-refractivity contribution in [2.45, 2.75) is 45.1 Å². The molecule has 2 rings (SSSR count). The maximum Gasteiger partial charge on any atom is 0.326 e. The molecule has 9 heteroatoms. The molecule has 1 aromatic rings. The topological polar surface area (TPSA) is 130 Å². The van der Waals surface area contributed by atoms with Gasteiger partial charge in [-0.25, -0.2) is 9.78 Å². The van der Waals surface area contributed by atoms with Crippen molar-refractivity contribution in [3.8, 4) is 0 Å². The number of oxazole rings is 1. The number of amides is 2. The first-order chi connectivity index (χ1) is 14.8. The predicted octanol–water partition coefficient (Wildman–Crippen LogP) is 2.06. The Balaban J connectivity index is 1.79. The fraction of sp³-hybridized carbons (Fsp3) is 0.409. The van der Waals surface area contributed by atoms with Crippen LogP contribution in [-0.2, 0) is 20.8 Å². The zero-order valence-corrected chi connectivity index (χ0v) is 17.5. The lowest BCUT2D eigenvalue weighted by Gasteiger charge is -2.19. The summed E-state index contributed by atoms with van der Waals surface area (Å²) in [6.07, 6.45) is 9.76. The first-order valence-corrected chi connectivity index (χ1v) is 10.0. The number of hydrogen-bond acceptors (Lipinski definition) is 6. The Morgan fingerprint density at radius 3 is 2.87 bits per heavy atom. The lowest BCUT2D eigenvalue weighted by atomic mass is 10.1. The SMILES string of the molecule is C=CC(=O)NC/C=C/C(C)=C/CCC(=O)Cc1nc(C(=O)N2CCCC2C(=O)O)co1. The van der Waals surface area contributed by atoms with Crippen molar-refractivity contribution in [1.29, 1.82) is 0 Å². The van der Waals surface area contributed by atoms with Crippen molar-refractivity contribution in [3.63, 3.8) is 0 Å². The third-order valence-electron chi connectivity index (χ3n) is 4.77. The Hall–Kier alpha value is -3.49. The number of ketones is 1. The lowest BCUT2D eigenvalue weighted by molar-refractivity contribution is -0.141. The van der Waals surface area contributed by atoms with E-state index in [-0.39, 0.29) is 36.1 Å². The molecule has 1 aromatic heterocycles. The van der Waals surface area contributed by atoms with Crippen molar-refractivity contribution < 1.29 is 28.7 Å². The highest BCUT2D eigenvalue weighted by molar-refractivity contribution is 5.95. The molecule has 0 saturated carbocycles. The molecular formula is C22H27N3O6. The van der Waals surface area contributed by atoms with Gasteiger partial charge in [-0.1, -0.05) is 30.4 Å². The van der Waals surface area contributed by atoms with E-state index in [0.717, 1.165) is 5.57 Å². The van der Waals surface area contributed by atoms with Crippen molar-refractivity contribution in [2.24, 2.45) is 0 Å². The van der Waals surface area contributed by atoms with Crippen LogP contribution in [0.15, 0.2) is 47.1 Å². The molecule has 31 heavy (non-hydrogen) atoms. The second-order valence-electron chi connectivity index (χ2n) is 7.18. The van der Waals surface area contributed by atoms with E-state index in [9.17, 15) is 24.3 Å². The van der Waals surface area contributed by atoms with Crippen LogP contribution in [0.3, 0.4) is 0 Å². The summed E-state index contributed by atoms with van der Waals surface area (Å²) in [6.45, 7) is 6.01. The molecule has 166 valence electrons. The number of carboxylic acids is 1. The molecular weight excluding hydrogens is 402 g/mol. The second-order valence-corrected chi connectivity index (χ2v) is 7.18. The van der Waals surface area contributed by atoms with Gasteiger partial charge >= 0.3 is 5.97 Å². The first-order valence-electron chi connectivity index (χ1n) is 10.0. The zero-order valence-electron chi connectivity index (χ0n) is 17.5. The second kappa shape index (κ2) is 11.6. The van der Waals surface area contributed by atoms with Crippen LogP contribution in [-0.4, -0.2) is 57.7 Å². The molecule has 0 aliphatic carbocycles. The molecule has 1 saturated heterocycles. The summed E-state index contributed by atoms with van der Waals surface area (Å²) in [6, 6.07) is -0.850.